The van der Waals surface area contributed by atoms with Gasteiger partial charge in [0.05, 0.1) is 29.8 Å². The molecule has 1 unspecified atom stereocenters. The van der Waals surface area contributed by atoms with E-state index in [9.17, 15) is 4.79 Å². The molecule has 5 rings (SSSR count). The molecule has 1 atom stereocenters. The van der Waals surface area contributed by atoms with Crippen molar-refractivity contribution in [2.75, 3.05) is 19.8 Å². The zero-order valence-corrected chi connectivity index (χ0v) is 23.0. The van der Waals surface area contributed by atoms with Crippen molar-refractivity contribution in [2.24, 2.45) is 5.92 Å². The third-order valence-corrected chi connectivity index (χ3v) is 7.75. The van der Waals surface area contributed by atoms with Crippen molar-refractivity contribution in [1.82, 2.24) is 14.7 Å². The molecule has 0 bridgehead atoms. The molecule has 0 saturated carbocycles. The summed E-state index contributed by atoms with van der Waals surface area (Å²) in [5.74, 6) is 1.22. The topological polar surface area (TPSA) is 56.6 Å². The second-order valence-corrected chi connectivity index (χ2v) is 11.5. The summed E-state index contributed by atoms with van der Waals surface area (Å²) >= 11 is 6.91. The van der Waals surface area contributed by atoms with E-state index in [1.165, 1.54) is 11.8 Å². The average Bonchev–Trinajstić information content (AvgIpc) is 3.61. The van der Waals surface area contributed by atoms with Gasteiger partial charge in [-0.25, -0.2) is 4.68 Å². The standard InChI is InChI=1S/C29H31N3O3S2/c1-19(2)18-35-23-11-12-25(20(3)14-23)27-21(16-32(30-27)22-8-5-4-6-9-22)15-26-28(33)31(29(36)37-26)17-24-10-7-13-34-24/h4-6,8-9,11-12,14-16,19,24H,7,10,13,17-18H2,1-3H3. The lowest BCUT2D eigenvalue weighted by Gasteiger charge is -2.18. The first kappa shape index (κ1) is 25.7. The molecule has 3 heterocycles. The van der Waals surface area contributed by atoms with Crippen LogP contribution in [0.5, 0.6) is 5.75 Å². The van der Waals surface area contributed by atoms with Gasteiger partial charge >= 0.3 is 0 Å². The van der Waals surface area contributed by atoms with Crippen molar-refractivity contribution < 1.29 is 14.3 Å². The van der Waals surface area contributed by atoms with Gasteiger partial charge in [0.2, 0.25) is 0 Å². The maximum Gasteiger partial charge on any atom is 0.266 e. The summed E-state index contributed by atoms with van der Waals surface area (Å²) in [6.45, 7) is 8.25. The predicted molar refractivity (Wildman–Crippen MR) is 153 cm³/mol. The van der Waals surface area contributed by atoms with Gasteiger partial charge < -0.3 is 9.47 Å². The number of carbonyl (C=O) groups is 1. The van der Waals surface area contributed by atoms with E-state index in [1.807, 2.05) is 65.5 Å². The Bertz CT molecular complexity index is 1330. The molecule has 0 radical (unpaired) electrons. The lowest BCUT2D eigenvalue weighted by atomic mass is 10.0. The molecule has 2 fully saturated rings. The van der Waals surface area contributed by atoms with Gasteiger partial charge in [0.1, 0.15) is 15.8 Å². The molecule has 6 nitrogen and oxygen atoms in total. The molecule has 2 aliphatic rings. The Kier molecular flexibility index (Phi) is 7.79. The zero-order chi connectivity index (χ0) is 25.9. The summed E-state index contributed by atoms with van der Waals surface area (Å²) in [4.78, 5) is 15.6. The van der Waals surface area contributed by atoms with Crippen molar-refractivity contribution >= 4 is 40.3 Å². The van der Waals surface area contributed by atoms with Crippen LogP contribution in [0.1, 0.15) is 37.8 Å². The Morgan fingerprint density at radius 1 is 1.24 bits per heavy atom. The summed E-state index contributed by atoms with van der Waals surface area (Å²) in [7, 11) is 0. The lowest BCUT2D eigenvalue weighted by Crippen LogP contribution is -2.35. The average molecular weight is 534 g/mol. The molecule has 3 aromatic rings. The zero-order valence-electron chi connectivity index (χ0n) is 21.3. The third kappa shape index (κ3) is 5.81. The number of ether oxygens (including phenoxy) is 2. The van der Waals surface area contributed by atoms with Crippen molar-refractivity contribution in [3.05, 3.63) is 70.8 Å². The number of carbonyl (C=O) groups excluding carboxylic acids is 1. The van der Waals surface area contributed by atoms with Crippen LogP contribution in [0.15, 0.2) is 59.6 Å². The second kappa shape index (κ2) is 11.2. The Labute approximate surface area is 227 Å². The number of hydrogen-bond acceptors (Lipinski definition) is 6. The maximum atomic E-state index is 13.3. The van der Waals surface area contributed by atoms with Crippen LogP contribution in [0.2, 0.25) is 0 Å². The van der Waals surface area contributed by atoms with E-state index in [-0.39, 0.29) is 12.0 Å². The molecule has 0 aliphatic carbocycles. The van der Waals surface area contributed by atoms with Gasteiger partial charge in [-0.1, -0.05) is 56.0 Å². The van der Waals surface area contributed by atoms with Crippen LogP contribution in [0.25, 0.3) is 23.0 Å². The first-order valence-electron chi connectivity index (χ1n) is 12.6. The molecule has 2 saturated heterocycles. The molecular formula is C29H31N3O3S2. The molecule has 192 valence electrons. The van der Waals surface area contributed by atoms with E-state index in [0.29, 0.717) is 28.3 Å². The molecule has 0 spiro atoms. The first-order valence-corrected chi connectivity index (χ1v) is 13.9. The predicted octanol–water partition coefficient (Wildman–Crippen LogP) is 6.26. The number of nitrogens with zero attached hydrogens (tertiary/aromatic N) is 3. The highest BCUT2D eigenvalue weighted by atomic mass is 32.2. The minimum absolute atomic E-state index is 0.0531. The number of amides is 1. The third-order valence-electron chi connectivity index (χ3n) is 6.37. The van der Waals surface area contributed by atoms with Gasteiger partial charge in [0.15, 0.2) is 0 Å². The SMILES string of the molecule is Cc1cc(OCC(C)C)ccc1-c1nn(-c2ccccc2)cc1C=C1SC(=S)N(CC2CCCO2)C1=O. The number of hydrogen-bond donors (Lipinski definition) is 0. The fourth-order valence-corrected chi connectivity index (χ4v) is 5.73. The van der Waals surface area contributed by atoms with E-state index in [4.69, 9.17) is 26.8 Å². The first-order chi connectivity index (χ1) is 17.9. The Morgan fingerprint density at radius 3 is 2.76 bits per heavy atom. The molecule has 0 N–H and O–H groups in total. The number of aryl methyl sites for hydroxylation is 1. The Balaban J connectivity index is 1.50. The molecule has 2 aromatic carbocycles. The maximum absolute atomic E-state index is 13.3. The fourth-order valence-electron chi connectivity index (χ4n) is 4.46. The van der Waals surface area contributed by atoms with E-state index in [2.05, 4.69) is 20.8 Å². The minimum Gasteiger partial charge on any atom is -0.493 e. The summed E-state index contributed by atoms with van der Waals surface area (Å²) in [6, 6.07) is 16.0. The minimum atomic E-state index is -0.0712. The highest BCUT2D eigenvalue weighted by Gasteiger charge is 2.35. The van der Waals surface area contributed by atoms with E-state index < -0.39 is 0 Å². The monoisotopic (exact) mass is 533 g/mol. The summed E-state index contributed by atoms with van der Waals surface area (Å²) in [5, 5.41) is 4.95. The largest absolute Gasteiger partial charge is 0.493 e. The van der Waals surface area contributed by atoms with E-state index >= 15 is 0 Å². The molecule has 2 aliphatic heterocycles. The molecule has 8 heteroatoms. The van der Waals surface area contributed by atoms with Crippen LogP contribution in [0.3, 0.4) is 0 Å². The number of thioether (sulfide) groups is 1. The number of aromatic nitrogens is 2. The van der Waals surface area contributed by atoms with Crippen molar-refractivity contribution in [2.45, 2.75) is 39.7 Å². The summed E-state index contributed by atoms with van der Waals surface area (Å²) < 4.78 is 14.1. The van der Waals surface area contributed by atoms with Crippen LogP contribution in [0.4, 0.5) is 0 Å². The van der Waals surface area contributed by atoms with Crippen LogP contribution in [-0.4, -0.2) is 50.8 Å². The second-order valence-electron chi connectivity index (χ2n) is 9.82. The van der Waals surface area contributed by atoms with Crippen molar-refractivity contribution in [1.29, 1.82) is 0 Å². The van der Waals surface area contributed by atoms with Crippen molar-refractivity contribution in [3.8, 4) is 22.7 Å². The van der Waals surface area contributed by atoms with Crippen LogP contribution >= 0.6 is 24.0 Å². The highest BCUT2D eigenvalue weighted by molar-refractivity contribution is 8.26. The summed E-state index contributed by atoms with van der Waals surface area (Å²) in [6.07, 6.45) is 5.93. The molecule has 1 amide bonds. The van der Waals surface area contributed by atoms with E-state index in [1.54, 1.807) is 4.90 Å². The van der Waals surface area contributed by atoms with Crippen LogP contribution in [-0.2, 0) is 9.53 Å². The van der Waals surface area contributed by atoms with Gasteiger partial charge in [-0.3, -0.25) is 9.69 Å². The van der Waals surface area contributed by atoms with Crippen LogP contribution < -0.4 is 4.74 Å². The Hall–Kier alpha value is -2.94. The smallest absolute Gasteiger partial charge is 0.266 e. The number of thiocarbonyl (C=S) groups is 1. The van der Waals surface area contributed by atoms with Crippen molar-refractivity contribution in [3.63, 3.8) is 0 Å². The summed E-state index contributed by atoms with van der Waals surface area (Å²) in [5.41, 5.74) is 4.67. The molecular weight excluding hydrogens is 502 g/mol. The van der Waals surface area contributed by atoms with Gasteiger partial charge in [0.25, 0.3) is 5.91 Å². The lowest BCUT2D eigenvalue weighted by molar-refractivity contribution is -0.123. The molecule has 37 heavy (non-hydrogen) atoms. The van der Waals surface area contributed by atoms with Crippen LogP contribution in [0, 0.1) is 12.8 Å². The van der Waals surface area contributed by atoms with Gasteiger partial charge in [-0.2, -0.15) is 5.10 Å². The molecule has 1 aromatic heterocycles. The number of benzene rings is 2. The number of rotatable bonds is 8. The number of para-hydroxylation sites is 1. The van der Waals surface area contributed by atoms with E-state index in [0.717, 1.165) is 53.3 Å². The Morgan fingerprint density at radius 2 is 2.05 bits per heavy atom. The fraction of sp³-hybridized carbons (Fsp3) is 0.345. The van der Waals surface area contributed by atoms with Gasteiger partial charge in [-0.15, -0.1) is 0 Å². The normalized spacial score (nSPS) is 19.0. The van der Waals surface area contributed by atoms with Gasteiger partial charge in [-0.05, 0) is 67.7 Å². The van der Waals surface area contributed by atoms with Gasteiger partial charge in [0, 0.05) is 23.9 Å². The quantitative estimate of drug-likeness (QED) is 0.252. The highest BCUT2D eigenvalue weighted by Crippen LogP contribution is 2.36.